The van der Waals surface area contributed by atoms with E-state index >= 15 is 0 Å². The summed E-state index contributed by atoms with van der Waals surface area (Å²) in [6.07, 6.45) is 8.56. The molecule has 3 aromatic rings. The zero-order valence-corrected chi connectivity index (χ0v) is 13.6. The number of nitrogens with one attached hydrogen (secondary N) is 1. The summed E-state index contributed by atoms with van der Waals surface area (Å²) in [6.45, 7) is 0.468. The Balaban J connectivity index is 1.55. The largest absolute Gasteiger partial charge is 0.348 e. The molecule has 0 bridgehead atoms. The van der Waals surface area contributed by atoms with Gasteiger partial charge >= 0.3 is 0 Å². The molecule has 1 amide bonds. The highest BCUT2D eigenvalue weighted by Gasteiger charge is 2.00. The molecule has 0 aliphatic rings. The third-order valence-electron chi connectivity index (χ3n) is 3.53. The average molecular weight is 338 g/mol. The number of amides is 1. The van der Waals surface area contributed by atoms with Crippen LogP contribution in [0.5, 0.6) is 0 Å². The third kappa shape index (κ3) is 4.12. The van der Waals surface area contributed by atoms with Gasteiger partial charge in [0.1, 0.15) is 0 Å². The second-order valence-electron chi connectivity index (χ2n) is 5.21. The van der Waals surface area contributed by atoms with Crippen molar-refractivity contribution in [2.75, 3.05) is 0 Å². The minimum absolute atomic E-state index is 0.159. The van der Waals surface area contributed by atoms with E-state index in [4.69, 9.17) is 11.6 Å². The summed E-state index contributed by atoms with van der Waals surface area (Å²) in [7, 11) is 0. The van der Waals surface area contributed by atoms with E-state index < -0.39 is 0 Å². The van der Waals surface area contributed by atoms with Crippen LogP contribution < -0.4 is 5.32 Å². The SMILES string of the molecule is O=C(/C=C/c1ccccc1Cl)NCc1ccc(-n2ccnc2)cc1. The van der Waals surface area contributed by atoms with Crippen molar-refractivity contribution in [1.29, 1.82) is 0 Å². The van der Waals surface area contributed by atoms with E-state index in [2.05, 4.69) is 10.3 Å². The number of imidazole rings is 1. The standard InChI is InChI=1S/C19H16ClN3O/c20-18-4-2-1-3-16(18)7-10-19(24)22-13-15-5-8-17(9-6-15)23-12-11-21-14-23/h1-12,14H,13H2,(H,22,24)/b10-7+. The van der Waals surface area contributed by atoms with E-state index in [0.29, 0.717) is 11.6 Å². The predicted octanol–water partition coefficient (Wildman–Crippen LogP) is 3.86. The Kier molecular flexibility index (Phi) is 5.08. The molecule has 0 saturated carbocycles. The lowest BCUT2D eigenvalue weighted by Crippen LogP contribution is -2.20. The van der Waals surface area contributed by atoms with Gasteiger partial charge in [0.25, 0.3) is 0 Å². The Morgan fingerprint density at radius 3 is 2.67 bits per heavy atom. The van der Waals surface area contributed by atoms with Crippen molar-refractivity contribution in [3.05, 3.63) is 89.5 Å². The van der Waals surface area contributed by atoms with Crippen LogP contribution in [0, 0.1) is 0 Å². The molecule has 0 unspecified atom stereocenters. The van der Waals surface area contributed by atoms with E-state index in [1.54, 1.807) is 24.7 Å². The number of halogens is 1. The summed E-state index contributed by atoms with van der Waals surface area (Å²) in [5.74, 6) is -0.159. The number of aromatic nitrogens is 2. The van der Waals surface area contributed by atoms with Crippen molar-refractivity contribution < 1.29 is 4.79 Å². The predicted molar refractivity (Wildman–Crippen MR) is 95.9 cm³/mol. The number of carbonyl (C=O) groups is 1. The van der Waals surface area contributed by atoms with E-state index in [9.17, 15) is 4.79 Å². The minimum Gasteiger partial charge on any atom is -0.348 e. The van der Waals surface area contributed by atoms with Crippen molar-refractivity contribution in [2.24, 2.45) is 0 Å². The zero-order chi connectivity index (χ0) is 16.8. The Bertz CT molecular complexity index is 839. The van der Waals surface area contributed by atoms with E-state index in [0.717, 1.165) is 16.8 Å². The number of hydrogen-bond acceptors (Lipinski definition) is 2. The number of benzene rings is 2. The maximum atomic E-state index is 11.9. The monoisotopic (exact) mass is 337 g/mol. The molecule has 0 saturated heterocycles. The molecule has 0 fully saturated rings. The smallest absolute Gasteiger partial charge is 0.244 e. The van der Waals surface area contributed by atoms with Crippen molar-refractivity contribution in [3.8, 4) is 5.69 Å². The minimum atomic E-state index is -0.159. The fourth-order valence-corrected chi connectivity index (χ4v) is 2.42. The molecular formula is C19H16ClN3O. The second kappa shape index (κ2) is 7.62. The van der Waals surface area contributed by atoms with Crippen LogP contribution in [0.2, 0.25) is 5.02 Å². The molecule has 0 radical (unpaired) electrons. The molecule has 1 heterocycles. The molecule has 120 valence electrons. The van der Waals surface area contributed by atoms with Gasteiger partial charge in [-0.25, -0.2) is 4.98 Å². The van der Waals surface area contributed by atoms with Crippen molar-refractivity contribution in [1.82, 2.24) is 14.9 Å². The lowest BCUT2D eigenvalue weighted by molar-refractivity contribution is -0.116. The van der Waals surface area contributed by atoms with Crippen LogP contribution in [-0.2, 0) is 11.3 Å². The van der Waals surface area contributed by atoms with E-state index in [1.807, 2.05) is 53.2 Å². The Labute approximate surface area is 145 Å². The lowest BCUT2D eigenvalue weighted by atomic mass is 10.2. The maximum absolute atomic E-state index is 11.9. The fourth-order valence-electron chi connectivity index (χ4n) is 2.22. The molecule has 3 rings (SSSR count). The van der Waals surface area contributed by atoms with Gasteiger partial charge in [0.15, 0.2) is 0 Å². The molecule has 2 aromatic carbocycles. The number of hydrogen-bond donors (Lipinski definition) is 1. The first-order valence-corrected chi connectivity index (χ1v) is 7.88. The number of rotatable bonds is 5. The second-order valence-corrected chi connectivity index (χ2v) is 5.62. The van der Waals surface area contributed by atoms with E-state index in [-0.39, 0.29) is 5.91 Å². The molecule has 0 aliphatic carbocycles. The van der Waals surface area contributed by atoms with Gasteiger partial charge in [0, 0.05) is 35.7 Å². The quantitative estimate of drug-likeness (QED) is 0.719. The van der Waals surface area contributed by atoms with Gasteiger partial charge in [-0.1, -0.05) is 41.9 Å². The van der Waals surface area contributed by atoms with Crippen LogP contribution >= 0.6 is 11.6 Å². The fraction of sp³-hybridized carbons (Fsp3) is 0.0526. The first-order chi connectivity index (χ1) is 11.7. The van der Waals surface area contributed by atoms with Gasteiger partial charge in [-0.15, -0.1) is 0 Å². The van der Waals surface area contributed by atoms with Crippen LogP contribution in [0.1, 0.15) is 11.1 Å². The summed E-state index contributed by atoms with van der Waals surface area (Å²) in [5, 5.41) is 3.48. The van der Waals surface area contributed by atoms with Crippen LogP contribution in [-0.4, -0.2) is 15.5 Å². The van der Waals surface area contributed by atoms with Gasteiger partial charge in [-0.05, 0) is 35.4 Å². The van der Waals surface area contributed by atoms with Gasteiger partial charge in [0.2, 0.25) is 5.91 Å². The Morgan fingerprint density at radius 1 is 1.17 bits per heavy atom. The first kappa shape index (κ1) is 16.0. The molecule has 0 aliphatic heterocycles. The Morgan fingerprint density at radius 2 is 1.96 bits per heavy atom. The summed E-state index contributed by atoms with van der Waals surface area (Å²) in [5.41, 5.74) is 2.87. The highest BCUT2D eigenvalue weighted by atomic mass is 35.5. The van der Waals surface area contributed by atoms with Gasteiger partial charge < -0.3 is 9.88 Å². The molecule has 4 nitrogen and oxygen atoms in total. The van der Waals surface area contributed by atoms with Crippen molar-refractivity contribution >= 4 is 23.6 Å². The Hall–Kier alpha value is -2.85. The first-order valence-electron chi connectivity index (χ1n) is 7.50. The summed E-state index contributed by atoms with van der Waals surface area (Å²) in [4.78, 5) is 15.9. The van der Waals surface area contributed by atoms with Gasteiger partial charge in [0.05, 0.1) is 6.33 Å². The van der Waals surface area contributed by atoms with Gasteiger partial charge in [-0.3, -0.25) is 4.79 Å². The zero-order valence-electron chi connectivity index (χ0n) is 12.9. The van der Waals surface area contributed by atoms with Crippen molar-refractivity contribution in [3.63, 3.8) is 0 Å². The molecule has 1 N–H and O–H groups in total. The van der Waals surface area contributed by atoms with Gasteiger partial charge in [-0.2, -0.15) is 0 Å². The summed E-state index contributed by atoms with van der Waals surface area (Å²) >= 11 is 6.05. The van der Waals surface area contributed by atoms with Crippen LogP contribution in [0.15, 0.2) is 73.3 Å². The molecular weight excluding hydrogens is 322 g/mol. The van der Waals surface area contributed by atoms with Crippen LogP contribution in [0.25, 0.3) is 11.8 Å². The molecule has 5 heteroatoms. The van der Waals surface area contributed by atoms with Crippen LogP contribution in [0.3, 0.4) is 0 Å². The highest BCUT2D eigenvalue weighted by Crippen LogP contribution is 2.16. The molecule has 0 spiro atoms. The summed E-state index contributed by atoms with van der Waals surface area (Å²) < 4.78 is 1.93. The normalized spacial score (nSPS) is 10.9. The average Bonchev–Trinajstić information content (AvgIpc) is 3.14. The topological polar surface area (TPSA) is 46.9 Å². The lowest BCUT2D eigenvalue weighted by Gasteiger charge is -2.05. The van der Waals surface area contributed by atoms with E-state index in [1.165, 1.54) is 6.08 Å². The number of nitrogens with zero attached hydrogens (tertiary/aromatic N) is 2. The molecule has 1 aromatic heterocycles. The molecule has 24 heavy (non-hydrogen) atoms. The molecule has 0 atom stereocenters. The third-order valence-corrected chi connectivity index (χ3v) is 3.87. The maximum Gasteiger partial charge on any atom is 0.244 e. The highest BCUT2D eigenvalue weighted by molar-refractivity contribution is 6.32. The van der Waals surface area contributed by atoms with Crippen molar-refractivity contribution in [2.45, 2.75) is 6.54 Å². The van der Waals surface area contributed by atoms with Crippen LogP contribution in [0.4, 0.5) is 0 Å². The number of carbonyl (C=O) groups excluding carboxylic acids is 1. The summed E-state index contributed by atoms with van der Waals surface area (Å²) in [6, 6.07) is 15.3.